The molecule has 27 heavy (non-hydrogen) atoms. The second kappa shape index (κ2) is 5.77. The zero-order valence-corrected chi connectivity index (χ0v) is 14.8. The van der Waals surface area contributed by atoms with Crippen molar-refractivity contribution in [1.29, 1.82) is 0 Å². The van der Waals surface area contributed by atoms with Gasteiger partial charge in [-0.05, 0) is 37.8 Å². The van der Waals surface area contributed by atoms with E-state index >= 15 is 0 Å². The molecule has 2 unspecified atom stereocenters. The smallest absolute Gasteiger partial charge is 0.318 e. The second-order valence-electron chi connectivity index (χ2n) is 8.18. The summed E-state index contributed by atoms with van der Waals surface area (Å²) in [4.78, 5) is 14.5. The second-order valence-corrected chi connectivity index (χ2v) is 8.18. The van der Waals surface area contributed by atoms with Gasteiger partial charge in [0, 0.05) is 41.6 Å². The summed E-state index contributed by atoms with van der Waals surface area (Å²) in [6.07, 6.45) is 2.24. The number of benzene rings is 1. The van der Waals surface area contributed by atoms with Gasteiger partial charge in [-0.3, -0.25) is 0 Å². The number of carbonyl (C=O) groups is 1. The number of piperidine rings is 1. The fourth-order valence-electron chi connectivity index (χ4n) is 5.15. The zero-order chi connectivity index (χ0) is 18.8. The van der Waals surface area contributed by atoms with Crippen LogP contribution in [0.15, 0.2) is 12.1 Å². The fourth-order valence-corrected chi connectivity index (χ4v) is 5.15. The van der Waals surface area contributed by atoms with Crippen LogP contribution in [0.1, 0.15) is 43.2 Å². The molecule has 5 nitrogen and oxygen atoms in total. The Hall–Kier alpha value is -1.96. The Kier molecular flexibility index (Phi) is 3.67. The summed E-state index contributed by atoms with van der Waals surface area (Å²) in [6.45, 7) is 0.475. The number of rotatable bonds is 2. The highest BCUT2D eigenvalue weighted by Gasteiger charge is 2.74. The number of nitrogens with one attached hydrogen (secondary N) is 1. The van der Waals surface area contributed by atoms with Gasteiger partial charge >= 0.3 is 6.03 Å². The minimum atomic E-state index is -2.57. The molecule has 8 heteroatoms. The number of alkyl halides is 2. The van der Waals surface area contributed by atoms with E-state index in [4.69, 9.17) is 9.47 Å². The van der Waals surface area contributed by atoms with Crippen molar-refractivity contribution in [2.75, 3.05) is 6.79 Å². The van der Waals surface area contributed by atoms with Crippen molar-refractivity contribution in [3.05, 3.63) is 29.1 Å². The molecular weight excluding hydrogens is 361 g/mol. The number of fused-ring (bicyclic) bond motifs is 3. The molecule has 1 spiro atoms. The molecule has 1 aliphatic carbocycles. The minimum Gasteiger partial charge on any atom is -0.467 e. The first-order chi connectivity index (χ1) is 12.9. The molecule has 3 aliphatic heterocycles. The molecule has 1 aromatic rings. The number of hydrogen-bond acceptors (Lipinski definition) is 3. The van der Waals surface area contributed by atoms with E-state index in [0.29, 0.717) is 29.7 Å². The molecule has 2 bridgehead atoms. The van der Waals surface area contributed by atoms with Crippen LogP contribution >= 0.6 is 0 Å². The fraction of sp³-hybridized carbons (Fsp3) is 0.632. The van der Waals surface area contributed by atoms with E-state index in [1.807, 2.05) is 0 Å². The number of urea groups is 1. The molecule has 1 N–H and O–H groups in total. The van der Waals surface area contributed by atoms with Gasteiger partial charge < -0.3 is 19.7 Å². The number of nitrogens with zero attached hydrogens (tertiary/aromatic N) is 1. The van der Waals surface area contributed by atoms with Crippen molar-refractivity contribution in [2.24, 2.45) is 5.41 Å². The molecule has 2 atom stereocenters. The first kappa shape index (κ1) is 17.2. The summed E-state index contributed by atoms with van der Waals surface area (Å²) < 4.78 is 52.0. The lowest BCUT2D eigenvalue weighted by Crippen LogP contribution is -2.51. The van der Waals surface area contributed by atoms with Crippen molar-refractivity contribution in [1.82, 2.24) is 10.2 Å². The Morgan fingerprint density at radius 3 is 2.63 bits per heavy atom. The third kappa shape index (κ3) is 2.68. The van der Waals surface area contributed by atoms with Gasteiger partial charge in [0.15, 0.2) is 6.79 Å². The quantitative estimate of drug-likeness (QED) is 0.851. The van der Waals surface area contributed by atoms with Crippen LogP contribution in [0.3, 0.4) is 0 Å². The standard InChI is InChI=1S/C19H21F3N2O3/c20-13-3-11(16-12(4-13)8-26-10-27-16)7-23-17(25)24-14-1-2-15(24)6-18(5-14)9-19(18,21)22/h3-4,14-15H,1-2,5-10H2,(H,23,25). The largest absolute Gasteiger partial charge is 0.467 e. The Balaban J connectivity index is 1.28. The average molecular weight is 382 g/mol. The molecule has 5 rings (SSSR count). The van der Waals surface area contributed by atoms with Gasteiger partial charge in [0.1, 0.15) is 11.6 Å². The third-order valence-corrected chi connectivity index (χ3v) is 6.50. The van der Waals surface area contributed by atoms with Crippen molar-refractivity contribution in [3.63, 3.8) is 0 Å². The first-order valence-corrected chi connectivity index (χ1v) is 9.34. The van der Waals surface area contributed by atoms with Crippen LogP contribution < -0.4 is 10.1 Å². The monoisotopic (exact) mass is 382 g/mol. The lowest BCUT2D eigenvalue weighted by atomic mass is 9.87. The molecule has 0 aromatic heterocycles. The zero-order valence-electron chi connectivity index (χ0n) is 14.8. The highest BCUT2D eigenvalue weighted by Crippen LogP contribution is 2.69. The molecule has 4 aliphatic rings. The van der Waals surface area contributed by atoms with E-state index in [9.17, 15) is 18.0 Å². The van der Waals surface area contributed by atoms with E-state index in [2.05, 4.69) is 5.32 Å². The van der Waals surface area contributed by atoms with E-state index in [-0.39, 0.29) is 44.5 Å². The van der Waals surface area contributed by atoms with Gasteiger partial charge in [0.25, 0.3) is 5.92 Å². The van der Waals surface area contributed by atoms with Crippen molar-refractivity contribution in [3.8, 4) is 5.75 Å². The van der Waals surface area contributed by atoms with Crippen LogP contribution in [0.5, 0.6) is 5.75 Å². The van der Waals surface area contributed by atoms with Crippen molar-refractivity contribution >= 4 is 6.03 Å². The van der Waals surface area contributed by atoms with E-state index in [1.54, 1.807) is 4.90 Å². The number of halogens is 3. The van der Waals surface area contributed by atoms with Gasteiger partial charge in [-0.25, -0.2) is 18.0 Å². The number of hydrogen-bond donors (Lipinski definition) is 1. The molecule has 3 heterocycles. The SMILES string of the molecule is O=C(NCc1cc(F)cc2c1OCOC2)N1C2CCC1CC1(C2)CC1(F)F. The third-order valence-electron chi connectivity index (χ3n) is 6.50. The van der Waals surface area contributed by atoms with Crippen LogP contribution in [-0.4, -0.2) is 35.7 Å². The van der Waals surface area contributed by atoms with Crippen molar-refractivity contribution < 1.29 is 27.4 Å². The maximum Gasteiger partial charge on any atom is 0.318 e. The predicted octanol–water partition coefficient (Wildman–Crippen LogP) is 3.55. The Morgan fingerprint density at radius 1 is 1.26 bits per heavy atom. The molecular formula is C19H21F3N2O3. The normalized spacial score (nSPS) is 32.8. The molecule has 2 saturated heterocycles. The van der Waals surface area contributed by atoms with Crippen molar-refractivity contribution in [2.45, 2.75) is 63.3 Å². The molecule has 0 radical (unpaired) electrons. The van der Waals surface area contributed by atoms with Crippen LogP contribution in [0.25, 0.3) is 0 Å². The summed E-state index contributed by atoms with van der Waals surface area (Å²) in [5.74, 6) is -2.44. The Morgan fingerprint density at radius 2 is 1.96 bits per heavy atom. The average Bonchev–Trinajstić information content (AvgIpc) is 3.01. The van der Waals surface area contributed by atoms with Gasteiger partial charge in [-0.2, -0.15) is 0 Å². The summed E-state index contributed by atoms with van der Waals surface area (Å²) in [5.41, 5.74) is 0.281. The Bertz CT molecular complexity index is 787. The van der Waals surface area contributed by atoms with Gasteiger partial charge in [-0.15, -0.1) is 0 Å². The van der Waals surface area contributed by atoms with E-state index < -0.39 is 17.2 Å². The summed E-state index contributed by atoms with van der Waals surface area (Å²) >= 11 is 0. The highest BCUT2D eigenvalue weighted by molar-refractivity contribution is 5.75. The summed E-state index contributed by atoms with van der Waals surface area (Å²) in [6, 6.07) is 2.16. The Labute approximate surface area is 154 Å². The maximum absolute atomic E-state index is 13.8. The highest BCUT2D eigenvalue weighted by atomic mass is 19.3. The lowest BCUT2D eigenvalue weighted by molar-refractivity contribution is -0.0173. The molecule has 3 fully saturated rings. The van der Waals surface area contributed by atoms with Crippen LogP contribution in [0.2, 0.25) is 0 Å². The predicted molar refractivity (Wildman–Crippen MR) is 88.8 cm³/mol. The van der Waals surface area contributed by atoms with Gasteiger partial charge in [-0.1, -0.05) is 0 Å². The van der Waals surface area contributed by atoms with Gasteiger partial charge in [0.2, 0.25) is 0 Å². The number of ether oxygens (including phenoxy) is 2. The topological polar surface area (TPSA) is 50.8 Å². The van der Waals surface area contributed by atoms with Crippen LogP contribution in [0, 0.1) is 11.2 Å². The summed E-state index contributed by atoms with van der Waals surface area (Å²) in [7, 11) is 0. The number of carbonyl (C=O) groups excluding carboxylic acids is 1. The van der Waals surface area contributed by atoms with E-state index in [1.165, 1.54) is 12.1 Å². The minimum absolute atomic E-state index is 0.0443. The van der Waals surface area contributed by atoms with E-state index in [0.717, 1.165) is 12.8 Å². The maximum atomic E-state index is 13.8. The molecule has 146 valence electrons. The molecule has 1 saturated carbocycles. The molecule has 1 aromatic carbocycles. The van der Waals surface area contributed by atoms with Crippen LogP contribution in [0.4, 0.5) is 18.0 Å². The number of amides is 2. The van der Waals surface area contributed by atoms with Gasteiger partial charge in [0.05, 0.1) is 6.61 Å². The summed E-state index contributed by atoms with van der Waals surface area (Å²) in [5, 5.41) is 2.83. The lowest BCUT2D eigenvalue weighted by Gasteiger charge is -2.39. The van der Waals surface area contributed by atoms with Crippen LogP contribution in [-0.2, 0) is 17.9 Å². The molecule has 2 amide bonds. The first-order valence-electron chi connectivity index (χ1n) is 9.34.